The van der Waals surface area contributed by atoms with Gasteiger partial charge in [-0.15, -0.1) is 0 Å². The molecular weight excluding hydrogens is 368 g/mol. The minimum Gasteiger partial charge on any atom is -0.497 e. The first-order valence-corrected chi connectivity index (χ1v) is 8.87. The van der Waals surface area contributed by atoms with Crippen LogP contribution in [0.3, 0.4) is 0 Å². The molecule has 1 atom stereocenters. The zero-order valence-corrected chi connectivity index (χ0v) is 15.5. The third kappa shape index (κ3) is 4.46. The number of carbonyl (C=O) groups is 2. The van der Waals surface area contributed by atoms with Crippen molar-refractivity contribution >= 4 is 29.2 Å². The molecule has 0 spiro atoms. The molecule has 2 aromatic carbocycles. The van der Waals surface area contributed by atoms with Gasteiger partial charge in [0.25, 0.3) is 0 Å². The van der Waals surface area contributed by atoms with Gasteiger partial charge in [0.2, 0.25) is 5.91 Å². The summed E-state index contributed by atoms with van der Waals surface area (Å²) in [6, 6.07) is 14.4. The number of hydrogen-bond donors (Lipinski definition) is 1. The van der Waals surface area contributed by atoms with E-state index in [4.69, 9.17) is 21.4 Å². The Morgan fingerprint density at radius 1 is 1.15 bits per heavy atom. The maximum atomic E-state index is 12.6. The Bertz CT molecular complexity index is 863. The summed E-state index contributed by atoms with van der Waals surface area (Å²) in [6.45, 7) is 0. The molecule has 6 nitrogen and oxygen atoms in total. The van der Waals surface area contributed by atoms with Crippen LogP contribution in [0.4, 0.5) is 0 Å². The molecule has 1 N–H and O–H groups in total. The lowest BCUT2D eigenvalue weighted by Gasteiger charge is -2.22. The van der Waals surface area contributed by atoms with E-state index >= 15 is 0 Å². The Balaban J connectivity index is 1.88. The molecule has 1 heterocycles. The van der Waals surface area contributed by atoms with E-state index in [-0.39, 0.29) is 24.8 Å². The Morgan fingerprint density at radius 3 is 2.41 bits per heavy atom. The van der Waals surface area contributed by atoms with E-state index < -0.39 is 5.97 Å². The van der Waals surface area contributed by atoms with Crippen LogP contribution in [-0.2, 0) is 9.59 Å². The highest BCUT2D eigenvalue weighted by Gasteiger charge is 2.33. The van der Waals surface area contributed by atoms with Crippen LogP contribution in [-0.4, -0.2) is 34.8 Å². The SMILES string of the molecule is COc1ccc(C2=NN(C(=O)CCC(=O)O)C(c3ccc(Cl)cc3)C2)cc1. The fraction of sp³-hybridized carbons (Fsp3) is 0.250. The fourth-order valence-electron chi connectivity index (χ4n) is 2.97. The van der Waals surface area contributed by atoms with Gasteiger partial charge in [-0.05, 0) is 47.5 Å². The molecule has 0 saturated heterocycles. The second-order valence-corrected chi connectivity index (χ2v) is 6.62. The largest absolute Gasteiger partial charge is 0.497 e. The Kier molecular flexibility index (Phi) is 5.76. The quantitative estimate of drug-likeness (QED) is 0.816. The van der Waals surface area contributed by atoms with Crippen LogP contribution < -0.4 is 4.74 Å². The summed E-state index contributed by atoms with van der Waals surface area (Å²) in [5.74, 6) is -0.591. The van der Waals surface area contributed by atoms with Gasteiger partial charge in [0.05, 0.1) is 25.3 Å². The number of hydrogen-bond acceptors (Lipinski definition) is 4. The molecule has 0 bridgehead atoms. The number of benzene rings is 2. The number of amides is 1. The number of ether oxygens (including phenoxy) is 1. The van der Waals surface area contributed by atoms with Crippen molar-refractivity contribution in [1.29, 1.82) is 0 Å². The van der Waals surface area contributed by atoms with E-state index in [1.54, 1.807) is 19.2 Å². The summed E-state index contributed by atoms with van der Waals surface area (Å²) in [5.41, 5.74) is 2.56. The van der Waals surface area contributed by atoms with Crippen molar-refractivity contribution in [1.82, 2.24) is 5.01 Å². The highest BCUT2D eigenvalue weighted by Crippen LogP contribution is 2.34. The zero-order chi connectivity index (χ0) is 19.4. The molecule has 7 heteroatoms. The van der Waals surface area contributed by atoms with E-state index in [0.29, 0.717) is 11.4 Å². The summed E-state index contributed by atoms with van der Waals surface area (Å²) >= 11 is 5.97. The molecule has 1 amide bonds. The van der Waals surface area contributed by atoms with Gasteiger partial charge in [0.15, 0.2) is 0 Å². The van der Waals surface area contributed by atoms with Gasteiger partial charge in [-0.3, -0.25) is 9.59 Å². The summed E-state index contributed by atoms with van der Waals surface area (Å²) in [7, 11) is 1.60. The maximum absolute atomic E-state index is 12.6. The minimum atomic E-state index is -1.01. The number of rotatable bonds is 6. The monoisotopic (exact) mass is 386 g/mol. The summed E-state index contributed by atoms with van der Waals surface area (Å²) in [5, 5.41) is 15.4. The van der Waals surface area contributed by atoms with Gasteiger partial charge >= 0.3 is 5.97 Å². The highest BCUT2D eigenvalue weighted by molar-refractivity contribution is 6.30. The van der Waals surface area contributed by atoms with Crippen molar-refractivity contribution < 1.29 is 19.4 Å². The van der Waals surface area contributed by atoms with Crippen molar-refractivity contribution in [3.8, 4) is 5.75 Å². The molecule has 1 unspecified atom stereocenters. The molecule has 140 valence electrons. The number of carbonyl (C=O) groups excluding carboxylic acids is 1. The predicted octanol–water partition coefficient (Wildman–Crippen LogP) is 3.89. The first-order valence-electron chi connectivity index (χ1n) is 8.49. The molecule has 0 aromatic heterocycles. The van der Waals surface area contributed by atoms with Crippen molar-refractivity contribution in [3.63, 3.8) is 0 Å². The number of hydrazone groups is 1. The zero-order valence-electron chi connectivity index (χ0n) is 14.8. The molecule has 1 aliphatic heterocycles. The average molecular weight is 387 g/mol. The van der Waals surface area contributed by atoms with Gasteiger partial charge < -0.3 is 9.84 Å². The standard InChI is InChI=1S/C20H19ClN2O4/c1-27-16-8-4-13(5-9-16)17-12-18(14-2-6-15(21)7-3-14)23(22-17)19(24)10-11-20(25)26/h2-9,18H,10-12H2,1H3,(H,25,26). The van der Waals surface area contributed by atoms with Crippen LogP contribution >= 0.6 is 11.6 Å². The van der Waals surface area contributed by atoms with Crippen molar-refractivity contribution in [2.24, 2.45) is 5.10 Å². The number of aliphatic carboxylic acids is 1. The lowest BCUT2D eigenvalue weighted by atomic mass is 9.98. The normalized spacial score (nSPS) is 16.1. The number of halogens is 1. The van der Waals surface area contributed by atoms with Crippen molar-refractivity contribution in [3.05, 3.63) is 64.7 Å². The molecule has 27 heavy (non-hydrogen) atoms. The first-order chi connectivity index (χ1) is 13.0. The Morgan fingerprint density at radius 2 is 1.81 bits per heavy atom. The molecule has 0 aliphatic carbocycles. The molecule has 0 radical (unpaired) electrons. The van der Waals surface area contributed by atoms with Gasteiger partial charge in [0.1, 0.15) is 5.75 Å². The number of carboxylic acids is 1. The summed E-state index contributed by atoms with van der Waals surface area (Å²) in [6.07, 6.45) is 0.210. The first kappa shape index (κ1) is 18.9. The lowest BCUT2D eigenvalue weighted by molar-refractivity contribution is -0.141. The topological polar surface area (TPSA) is 79.2 Å². The molecule has 0 fully saturated rings. The van der Waals surface area contributed by atoms with Gasteiger partial charge in [0, 0.05) is 17.9 Å². The minimum absolute atomic E-state index is 0.0984. The second kappa shape index (κ2) is 8.22. The third-order valence-corrected chi connectivity index (χ3v) is 4.65. The van der Waals surface area contributed by atoms with Crippen LogP contribution in [0, 0.1) is 0 Å². The molecule has 1 aliphatic rings. The number of carboxylic acid groups (broad SMARTS) is 1. The van der Waals surface area contributed by atoms with E-state index in [1.807, 2.05) is 36.4 Å². The smallest absolute Gasteiger partial charge is 0.303 e. The van der Waals surface area contributed by atoms with Crippen molar-refractivity contribution in [2.45, 2.75) is 25.3 Å². The second-order valence-electron chi connectivity index (χ2n) is 6.18. The average Bonchev–Trinajstić information content (AvgIpc) is 3.12. The number of methoxy groups -OCH3 is 1. The lowest BCUT2D eigenvalue weighted by Crippen LogP contribution is -2.27. The fourth-order valence-corrected chi connectivity index (χ4v) is 3.10. The molecule has 2 aromatic rings. The van der Waals surface area contributed by atoms with E-state index in [1.165, 1.54) is 5.01 Å². The molecular formula is C20H19ClN2O4. The van der Waals surface area contributed by atoms with Crippen molar-refractivity contribution in [2.75, 3.05) is 7.11 Å². The Labute approximate surface area is 162 Å². The van der Waals surface area contributed by atoms with Crippen LogP contribution in [0.1, 0.15) is 36.4 Å². The van der Waals surface area contributed by atoms with Crippen LogP contribution in [0.15, 0.2) is 53.6 Å². The van der Waals surface area contributed by atoms with Crippen LogP contribution in [0.5, 0.6) is 5.75 Å². The van der Waals surface area contributed by atoms with Crippen LogP contribution in [0.25, 0.3) is 0 Å². The van der Waals surface area contributed by atoms with Gasteiger partial charge in [-0.2, -0.15) is 5.10 Å². The van der Waals surface area contributed by atoms with E-state index in [0.717, 1.165) is 22.6 Å². The molecule has 0 saturated carbocycles. The highest BCUT2D eigenvalue weighted by atomic mass is 35.5. The maximum Gasteiger partial charge on any atom is 0.303 e. The van der Waals surface area contributed by atoms with E-state index in [9.17, 15) is 9.59 Å². The summed E-state index contributed by atoms with van der Waals surface area (Å²) < 4.78 is 5.17. The van der Waals surface area contributed by atoms with Gasteiger partial charge in [-0.25, -0.2) is 5.01 Å². The van der Waals surface area contributed by atoms with E-state index in [2.05, 4.69) is 5.10 Å². The number of nitrogens with zero attached hydrogens (tertiary/aromatic N) is 2. The third-order valence-electron chi connectivity index (χ3n) is 4.40. The van der Waals surface area contributed by atoms with Crippen LogP contribution in [0.2, 0.25) is 5.02 Å². The predicted molar refractivity (Wildman–Crippen MR) is 102 cm³/mol. The van der Waals surface area contributed by atoms with Gasteiger partial charge in [-0.1, -0.05) is 23.7 Å². The molecule has 3 rings (SSSR count). The Hall–Kier alpha value is -2.86. The summed E-state index contributed by atoms with van der Waals surface area (Å²) in [4.78, 5) is 23.4.